The Morgan fingerprint density at radius 1 is 1.37 bits per heavy atom. The number of hydrogen-bond donors (Lipinski definition) is 1. The summed E-state index contributed by atoms with van der Waals surface area (Å²) >= 11 is 8.29. The molecule has 0 aliphatic rings. The van der Waals surface area contributed by atoms with Gasteiger partial charge in [0.25, 0.3) is 5.91 Å². The van der Waals surface area contributed by atoms with E-state index >= 15 is 0 Å². The summed E-state index contributed by atoms with van der Waals surface area (Å²) < 4.78 is 2.96. The summed E-state index contributed by atoms with van der Waals surface area (Å²) in [6.45, 7) is 4.07. The zero-order valence-corrected chi connectivity index (χ0v) is 13.6. The SMILES string of the molecule is CC(C)n1cccc1C(=O)Nc1ccc(I)cc1Cl. The van der Waals surface area contributed by atoms with Gasteiger partial charge in [-0.05, 0) is 66.8 Å². The maximum atomic E-state index is 12.2. The maximum absolute atomic E-state index is 12.2. The highest BCUT2D eigenvalue weighted by Crippen LogP contribution is 2.24. The molecular weight excluding hydrogens is 375 g/mol. The number of aromatic nitrogens is 1. The molecular formula is C14H14ClIN2O. The van der Waals surface area contributed by atoms with Crippen LogP contribution in [0.4, 0.5) is 5.69 Å². The number of amides is 1. The molecule has 1 aromatic carbocycles. The molecule has 0 atom stereocenters. The molecule has 100 valence electrons. The van der Waals surface area contributed by atoms with E-state index in [1.807, 2.05) is 48.9 Å². The van der Waals surface area contributed by atoms with Crippen LogP contribution >= 0.6 is 34.2 Å². The van der Waals surface area contributed by atoms with E-state index in [0.717, 1.165) is 3.57 Å². The van der Waals surface area contributed by atoms with E-state index in [2.05, 4.69) is 27.9 Å². The van der Waals surface area contributed by atoms with Gasteiger partial charge in [-0.25, -0.2) is 0 Å². The van der Waals surface area contributed by atoms with Gasteiger partial charge >= 0.3 is 0 Å². The minimum atomic E-state index is -0.151. The second kappa shape index (κ2) is 5.96. The summed E-state index contributed by atoms with van der Waals surface area (Å²) in [6, 6.07) is 9.44. The first-order valence-electron chi connectivity index (χ1n) is 5.92. The van der Waals surface area contributed by atoms with Crippen LogP contribution in [-0.4, -0.2) is 10.5 Å². The fourth-order valence-corrected chi connectivity index (χ4v) is 2.72. The number of carbonyl (C=O) groups excluding carboxylic acids is 1. The highest BCUT2D eigenvalue weighted by atomic mass is 127. The topological polar surface area (TPSA) is 34.0 Å². The summed E-state index contributed by atoms with van der Waals surface area (Å²) in [4.78, 5) is 12.2. The molecule has 0 saturated carbocycles. The van der Waals surface area contributed by atoms with Gasteiger partial charge in [-0.2, -0.15) is 0 Å². The zero-order chi connectivity index (χ0) is 14.0. The average Bonchev–Trinajstić information content (AvgIpc) is 2.82. The Bertz CT molecular complexity index is 607. The Balaban J connectivity index is 2.23. The van der Waals surface area contributed by atoms with Crippen molar-refractivity contribution in [2.75, 3.05) is 5.32 Å². The van der Waals surface area contributed by atoms with Crippen molar-refractivity contribution in [1.29, 1.82) is 0 Å². The third-order valence-electron chi connectivity index (χ3n) is 2.75. The first kappa shape index (κ1) is 14.4. The number of carbonyl (C=O) groups is 1. The molecule has 0 radical (unpaired) electrons. The van der Waals surface area contributed by atoms with E-state index in [0.29, 0.717) is 16.4 Å². The lowest BCUT2D eigenvalue weighted by Crippen LogP contribution is -2.18. The fraction of sp³-hybridized carbons (Fsp3) is 0.214. The van der Waals surface area contributed by atoms with Crippen molar-refractivity contribution in [1.82, 2.24) is 4.57 Å². The van der Waals surface area contributed by atoms with Crippen molar-refractivity contribution < 1.29 is 4.79 Å². The van der Waals surface area contributed by atoms with E-state index in [4.69, 9.17) is 11.6 Å². The molecule has 0 bridgehead atoms. The molecule has 2 rings (SSSR count). The first-order valence-corrected chi connectivity index (χ1v) is 7.38. The molecule has 1 amide bonds. The van der Waals surface area contributed by atoms with E-state index in [1.165, 1.54) is 0 Å². The lowest BCUT2D eigenvalue weighted by atomic mass is 10.3. The van der Waals surface area contributed by atoms with Gasteiger partial charge < -0.3 is 9.88 Å². The molecule has 0 aliphatic heterocycles. The van der Waals surface area contributed by atoms with Crippen LogP contribution in [0.1, 0.15) is 30.4 Å². The number of hydrogen-bond acceptors (Lipinski definition) is 1. The van der Waals surface area contributed by atoms with Crippen molar-refractivity contribution in [2.45, 2.75) is 19.9 Å². The highest BCUT2D eigenvalue weighted by Gasteiger charge is 2.14. The molecule has 1 N–H and O–H groups in total. The van der Waals surface area contributed by atoms with Crippen molar-refractivity contribution in [3.8, 4) is 0 Å². The molecule has 19 heavy (non-hydrogen) atoms. The quantitative estimate of drug-likeness (QED) is 0.767. The van der Waals surface area contributed by atoms with Crippen LogP contribution in [0.25, 0.3) is 0 Å². The fourth-order valence-electron chi connectivity index (χ4n) is 1.81. The van der Waals surface area contributed by atoms with Crippen LogP contribution in [0.2, 0.25) is 5.02 Å². The van der Waals surface area contributed by atoms with Gasteiger partial charge in [-0.3, -0.25) is 4.79 Å². The Morgan fingerprint density at radius 2 is 2.11 bits per heavy atom. The Morgan fingerprint density at radius 3 is 2.74 bits per heavy atom. The predicted octanol–water partition coefficient (Wildman–Crippen LogP) is 4.58. The number of nitrogens with one attached hydrogen (secondary N) is 1. The van der Waals surface area contributed by atoms with E-state index in [9.17, 15) is 4.79 Å². The van der Waals surface area contributed by atoms with E-state index in [-0.39, 0.29) is 11.9 Å². The molecule has 3 nitrogen and oxygen atoms in total. The summed E-state index contributed by atoms with van der Waals surface area (Å²) in [5, 5.41) is 3.38. The molecule has 0 saturated heterocycles. The van der Waals surface area contributed by atoms with Gasteiger partial charge in [0.15, 0.2) is 0 Å². The minimum Gasteiger partial charge on any atom is -0.341 e. The predicted molar refractivity (Wildman–Crippen MR) is 86.9 cm³/mol. The molecule has 0 unspecified atom stereocenters. The number of anilines is 1. The summed E-state index contributed by atoms with van der Waals surface area (Å²) in [5.41, 5.74) is 1.26. The van der Waals surface area contributed by atoms with Crippen molar-refractivity contribution in [3.63, 3.8) is 0 Å². The minimum absolute atomic E-state index is 0.151. The number of benzene rings is 1. The third kappa shape index (κ3) is 3.30. The first-order chi connectivity index (χ1) is 8.99. The monoisotopic (exact) mass is 388 g/mol. The number of rotatable bonds is 3. The zero-order valence-electron chi connectivity index (χ0n) is 10.7. The van der Waals surface area contributed by atoms with Crippen molar-refractivity contribution in [2.24, 2.45) is 0 Å². The van der Waals surface area contributed by atoms with Gasteiger partial charge in [0.2, 0.25) is 0 Å². The van der Waals surface area contributed by atoms with E-state index in [1.54, 1.807) is 6.07 Å². The van der Waals surface area contributed by atoms with Crippen LogP contribution in [-0.2, 0) is 0 Å². The number of nitrogens with zero attached hydrogens (tertiary/aromatic N) is 1. The average molecular weight is 389 g/mol. The molecule has 1 aromatic heterocycles. The normalized spacial score (nSPS) is 10.8. The summed E-state index contributed by atoms with van der Waals surface area (Å²) in [6.07, 6.45) is 1.90. The van der Waals surface area contributed by atoms with Gasteiger partial charge in [-0.1, -0.05) is 11.6 Å². The molecule has 0 aliphatic carbocycles. The smallest absolute Gasteiger partial charge is 0.272 e. The molecule has 1 heterocycles. The van der Waals surface area contributed by atoms with Gasteiger partial charge in [0.1, 0.15) is 5.69 Å². The molecule has 0 spiro atoms. The summed E-state index contributed by atoms with van der Waals surface area (Å²) in [5.74, 6) is -0.151. The molecule has 0 fully saturated rings. The van der Waals surface area contributed by atoms with Crippen LogP contribution < -0.4 is 5.32 Å². The van der Waals surface area contributed by atoms with Crippen LogP contribution in [0.15, 0.2) is 36.5 Å². The van der Waals surface area contributed by atoms with Crippen LogP contribution in [0, 0.1) is 3.57 Å². The van der Waals surface area contributed by atoms with Crippen molar-refractivity contribution >= 4 is 45.8 Å². The third-order valence-corrected chi connectivity index (χ3v) is 3.73. The lowest BCUT2D eigenvalue weighted by Gasteiger charge is -2.13. The Kier molecular flexibility index (Phi) is 4.52. The van der Waals surface area contributed by atoms with Crippen LogP contribution in [0.5, 0.6) is 0 Å². The second-order valence-corrected chi connectivity index (χ2v) is 6.13. The van der Waals surface area contributed by atoms with Gasteiger partial charge in [0.05, 0.1) is 10.7 Å². The van der Waals surface area contributed by atoms with Gasteiger partial charge in [-0.15, -0.1) is 0 Å². The van der Waals surface area contributed by atoms with Crippen molar-refractivity contribution in [3.05, 3.63) is 50.8 Å². The molecule has 5 heteroatoms. The largest absolute Gasteiger partial charge is 0.341 e. The second-order valence-electron chi connectivity index (χ2n) is 4.47. The Labute approximate surface area is 131 Å². The number of halogens is 2. The van der Waals surface area contributed by atoms with E-state index < -0.39 is 0 Å². The highest BCUT2D eigenvalue weighted by molar-refractivity contribution is 14.1. The van der Waals surface area contributed by atoms with Crippen LogP contribution in [0.3, 0.4) is 0 Å². The Hall–Kier alpha value is -1.01. The van der Waals surface area contributed by atoms with Gasteiger partial charge in [0, 0.05) is 15.8 Å². The standard InChI is InChI=1S/C14H14ClIN2O/c1-9(2)18-7-3-4-13(18)14(19)17-12-6-5-10(16)8-11(12)15/h3-9H,1-2H3,(H,17,19). The maximum Gasteiger partial charge on any atom is 0.272 e. The summed E-state index contributed by atoms with van der Waals surface area (Å²) in [7, 11) is 0. The lowest BCUT2D eigenvalue weighted by molar-refractivity contribution is 0.101. The molecule has 2 aromatic rings.